The van der Waals surface area contributed by atoms with Crippen LogP contribution in [0.5, 0.6) is 0 Å². The van der Waals surface area contributed by atoms with Gasteiger partial charge in [-0.15, -0.1) is 0 Å². The number of carbonyl (C=O) groups is 1. The number of nitrogens with zero attached hydrogens (tertiary/aromatic N) is 1. The number of amides is 1. The number of hydrogen-bond donors (Lipinski definition) is 1. The van der Waals surface area contributed by atoms with Gasteiger partial charge >= 0.3 is 0 Å². The van der Waals surface area contributed by atoms with Crippen molar-refractivity contribution in [3.05, 3.63) is 58.9 Å². The molecule has 4 rings (SSSR count). The Morgan fingerprint density at radius 1 is 1.04 bits per heavy atom. The molecule has 1 N–H and O–H groups in total. The maximum absolute atomic E-state index is 14.7. The molecule has 0 spiro atoms. The van der Waals surface area contributed by atoms with Crippen molar-refractivity contribution in [1.29, 1.82) is 0 Å². The Kier molecular flexibility index (Phi) is 4.48. The molecule has 1 amide bonds. The molecule has 0 aromatic heterocycles. The molecule has 2 aromatic carbocycles. The van der Waals surface area contributed by atoms with Crippen molar-refractivity contribution < 1.29 is 9.18 Å². The van der Waals surface area contributed by atoms with Crippen LogP contribution < -0.4 is 5.32 Å². The van der Waals surface area contributed by atoms with Crippen molar-refractivity contribution in [2.45, 2.75) is 31.3 Å². The van der Waals surface area contributed by atoms with E-state index in [0.29, 0.717) is 5.02 Å². The summed E-state index contributed by atoms with van der Waals surface area (Å²) in [4.78, 5) is 14.9. The van der Waals surface area contributed by atoms with Gasteiger partial charge < -0.3 is 10.2 Å². The standard InChI is InChI=1S/C20H20ClFN2O/c21-15-4-1-13(2-5-15)14-3-8-18(19(22)11-14)20(25)24-16-6-7-17(24)12-23-10-9-16/h1-5,8,11,16-17,23H,6-7,9-10,12H2. The molecule has 2 unspecified atom stereocenters. The van der Waals surface area contributed by atoms with Crippen molar-refractivity contribution in [2.75, 3.05) is 13.1 Å². The fourth-order valence-electron chi connectivity index (χ4n) is 3.96. The quantitative estimate of drug-likeness (QED) is 0.876. The summed E-state index contributed by atoms with van der Waals surface area (Å²) >= 11 is 5.90. The van der Waals surface area contributed by atoms with Gasteiger partial charge in [0.25, 0.3) is 5.91 Å². The van der Waals surface area contributed by atoms with Gasteiger partial charge in [-0.25, -0.2) is 4.39 Å². The van der Waals surface area contributed by atoms with Gasteiger partial charge in [0.15, 0.2) is 0 Å². The number of halogens is 2. The molecule has 5 heteroatoms. The van der Waals surface area contributed by atoms with Crippen molar-refractivity contribution in [3.63, 3.8) is 0 Å². The SMILES string of the molecule is O=C(c1ccc(-c2ccc(Cl)cc2)cc1F)N1C2CCNCC1CC2. The maximum Gasteiger partial charge on any atom is 0.257 e. The van der Waals surface area contributed by atoms with Crippen molar-refractivity contribution in [1.82, 2.24) is 10.2 Å². The number of fused-ring (bicyclic) bond motifs is 2. The van der Waals surface area contributed by atoms with Crippen LogP contribution in [0.15, 0.2) is 42.5 Å². The molecule has 0 aliphatic carbocycles. The van der Waals surface area contributed by atoms with Gasteiger partial charge in [-0.1, -0.05) is 29.8 Å². The number of hydrogen-bond acceptors (Lipinski definition) is 2. The fraction of sp³-hybridized carbons (Fsp3) is 0.350. The Bertz CT molecular complexity index is 779. The summed E-state index contributed by atoms with van der Waals surface area (Å²) in [6, 6.07) is 12.5. The molecule has 2 fully saturated rings. The molecule has 2 atom stereocenters. The van der Waals surface area contributed by atoms with Gasteiger partial charge in [0.1, 0.15) is 5.82 Å². The number of nitrogens with one attached hydrogen (secondary N) is 1. The molecular weight excluding hydrogens is 339 g/mol. The van der Waals surface area contributed by atoms with E-state index >= 15 is 0 Å². The molecule has 0 saturated carbocycles. The van der Waals surface area contributed by atoms with E-state index in [1.165, 1.54) is 6.07 Å². The molecule has 25 heavy (non-hydrogen) atoms. The fourth-order valence-corrected chi connectivity index (χ4v) is 4.09. The zero-order chi connectivity index (χ0) is 17.4. The van der Waals surface area contributed by atoms with E-state index in [1.807, 2.05) is 17.0 Å². The first-order valence-corrected chi connectivity index (χ1v) is 9.10. The smallest absolute Gasteiger partial charge is 0.257 e. The highest BCUT2D eigenvalue weighted by molar-refractivity contribution is 6.30. The second-order valence-electron chi connectivity index (χ2n) is 6.79. The summed E-state index contributed by atoms with van der Waals surface area (Å²) in [7, 11) is 0. The molecule has 2 saturated heterocycles. The number of benzene rings is 2. The van der Waals surface area contributed by atoms with Gasteiger partial charge in [0, 0.05) is 23.7 Å². The Morgan fingerprint density at radius 2 is 1.76 bits per heavy atom. The van der Waals surface area contributed by atoms with Gasteiger partial charge in [0.2, 0.25) is 0 Å². The van der Waals surface area contributed by atoms with E-state index in [0.717, 1.165) is 43.5 Å². The summed E-state index contributed by atoms with van der Waals surface area (Å²) < 4.78 is 14.7. The Balaban J connectivity index is 1.62. The highest BCUT2D eigenvalue weighted by Crippen LogP contribution is 2.31. The average molecular weight is 359 g/mol. The zero-order valence-electron chi connectivity index (χ0n) is 13.8. The third-order valence-corrected chi connectivity index (χ3v) is 5.52. The van der Waals surface area contributed by atoms with Crippen LogP contribution in [0, 0.1) is 5.82 Å². The second kappa shape index (κ2) is 6.77. The van der Waals surface area contributed by atoms with Gasteiger partial charge in [-0.05, 0) is 61.2 Å². The van der Waals surface area contributed by atoms with Crippen LogP contribution in [-0.2, 0) is 0 Å². The molecular formula is C20H20ClFN2O. The maximum atomic E-state index is 14.7. The van der Waals surface area contributed by atoms with Crippen LogP contribution in [0.1, 0.15) is 29.6 Å². The van der Waals surface area contributed by atoms with E-state index in [-0.39, 0.29) is 23.6 Å². The van der Waals surface area contributed by atoms with Crippen LogP contribution in [0.4, 0.5) is 4.39 Å². The monoisotopic (exact) mass is 358 g/mol. The summed E-state index contributed by atoms with van der Waals surface area (Å²) in [6.45, 7) is 1.72. The first kappa shape index (κ1) is 16.6. The van der Waals surface area contributed by atoms with E-state index in [9.17, 15) is 9.18 Å². The Hall–Kier alpha value is -1.91. The minimum absolute atomic E-state index is 0.163. The Morgan fingerprint density at radius 3 is 2.52 bits per heavy atom. The molecule has 2 aliphatic rings. The predicted molar refractivity (Wildman–Crippen MR) is 97.3 cm³/mol. The highest BCUT2D eigenvalue weighted by atomic mass is 35.5. The van der Waals surface area contributed by atoms with Crippen LogP contribution in [0.2, 0.25) is 5.02 Å². The first-order chi connectivity index (χ1) is 12.1. The minimum atomic E-state index is -0.464. The third kappa shape index (κ3) is 3.16. The van der Waals surface area contributed by atoms with Crippen LogP contribution >= 0.6 is 11.6 Å². The van der Waals surface area contributed by atoms with E-state index in [4.69, 9.17) is 11.6 Å². The Labute approximate surface area is 151 Å². The van der Waals surface area contributed by atoms with Crippen molar-refractivity contribution >= 4 is 17.5 Å². The molecule has 2 heterocycles. The van der Waals surface area contributed by atoms with E-state index in [1.54, 1.807) is 24.3 Å². The third-order valence-electron chi connectivity index (χ3n) is 5.27. The van der Waals surface area contributed by atoms with E-state index in [2.05, 4.69) is 5.32 Å². The van der Waals surface area contributed by atoms with Gasteiger partial charge in [-0.3, -0.25) is 4.79 Å². The summed E-state index contributed by atoms with van der Waals surface area (Å²) in [6.07, 6.45) is 2.95. The lowest BCUT2D eigenvalue weighted by Crippen LogP contribution is -2.42. The van der Waals surface area contributed by atoms with Crippen molar-refractivity contribution in [2.24, 2.45) is 0 Å². The molecule has 0 radical (unpaired) electrons. The number of rotatable bonds is 2. The summed E-state index contributed by atoms with van der Waals surface area (Å²) in [5, 5.41) is 4.01. The molecule has 2 bridgehead atoms. The van der Waals surface area contributed by atoms with Crippen LogP contribution in [-0.4, -0.2) is 36.0 Å². The van der Waals surface area contributed by atoms with E-state index < -0.39 is 5.82 Å². The lowest BCUT2D eigenvalue weighted by Gasteiger charge is -2.28. The topological polar surface area (TPSA) is 32.3 Å². The molecule has 2 aliphatic heterocycles. The highest BCUT2D eigenvalue weighted by Gasteiger charge is 2.39. The first-order valence-electron chi connectivity index (χ1n) is 8.72. The number of carbonyl (C=O) groups excluding carboxylic acids is 1. The zero-order valence-corrected chi connectivity index (χ0v) is 14.6. The lowest BCUT2D eigenvalue weighted by atomic mass is 10.0. The lowest BCUT2D eigenvalue weighted by molar-refractivity contribution is 0.0675. The largest absolute Gasteiger partial charge is 0.331 e. The minimum Gasteiger partial charge on any atom is -0.331 e. The average Bonchev–Trinajstić information content (AvgIpc) is 2.87. The normalized spacial score (nSPS) is 22.7. The van der Waals surface area contributed by atoms with Gasteiger partial charge in [0.05, 0.1) is 5.56 Å². The summed E-state index contributed by atoms with van der Waals surface area (Å²) in [5.41, 5.74) is 1.78. The van der Waals surface area contributed by atoms with Gasteiger partial charge in [-0.2, -0.15) is 0 Å². The van der Waals surface area contributed by atoms with Crippen LogP contribution in [0.25, 0.3) is 11.1 Å². The summed E-state index contributed by atoms with van der Waals surface area (Å²) in [5.74, 6) is -0.648. The molecule has 130 valence electrons. The molecule has 2 aromatic rings. The predicted octanol–water partition coefficient (Wildman–Crippen LogP) is 4.11. The van der Waals surface area contributed by atoms with Crippen LogP contribution in [0.3, 0.4) is 0 Å². The molecule has 3 nitrogen and oxygen atoms in total. The second-order valence-corrected chi connectivity index (χ2v) is 7.23. The van der Waals surface area contributed by atoms with Crippen molar-refractivity contribution in [3.8, 4) is 11.1 Å².